The topological polar surface area (TPSA) is 17.1 Å². The first-order chi connectivity index (χ1) is 14.8. The fourth-order valence-corrected chi connectivity index (χ4v) is 4.06. The smallest absolute Gasteiger partial charge is 0.194 e. The van der Waals surface area contributed by atoms with E-state index in [-0.39, 0.29) is 5.78 Å². The van der Waals surface area contributed by atoms with Gasteiger partial charge in [-0.2, -0.15) is 0 Å². The van der Waals surface area contributed by atoms with Crippen molar-refractivity contribution in [2.24, 2.45) is 0 Å². The van der Waals surface area contributed by atoms with E-state index in [0.717, 1.165) is 44.5 Å². The van der Waals surface area contributed by atoms with Crippen LogP contribution < -0.4 is 0 Å². The van der Waals surface area contributed by atoms with E-state index < -0.39 is 0 Å². The van der Waals surface area contributed by atoms with Gasteiger partial charge in [0.2, 0.25) is 0 Å². The molecule has 0 heterocycles. The number of carbonyl (C=O) groups is 1. The molecule has 1 aliphatic rings. The van der Waals surface area contributed by atoms with Crippen LogP contribution in [0, 0.1) is 0 Å². The van der Waals surface area contributed by atoms with Crippen LogP contribution in [-0.4, -0.2) is 5.78 Å². The molecule has 0 N–H and O–H groups in total. The van der Waals surface area contributed by atoms with Crippen molar-refractivity contribution in [1.29, 1.82) is 0 Å². The van der Waals surface area contributed by atoms with E-state index in [2.05, 4.69) is 36.4 Å². The van der Waals surface area contributed by atoms with Gasteiger partial charge in [-0.15, -0.1) is 0 Å². The van der Waals surface area contributed by atoms with E-state index in [1.807, 2.05) is 84.9 Å². The molecule has 0 fully saturated rings. The average Bonchev–Trinajstić information content (AvgIpc) is 2.82. The molecule has 0 atom stereocenters. The number of allylic oxidation sites excluding steroid dienone is 3. The minimum atomic E-state index is 0.0704. The Labute approximate surface area is 176 Å². The normalized spacial score (nSPS) is 13.5. The third kappa shape index (κ3) is 3.21. The van der Waals surface area contributed by atoms with Gasteiger partial charge in [0.15, 0.2) is 5.78 Å². The number of hydrogen-bond donors (Lipinski definition) is 0. The standard InChI is InChI=1S/C29H20O/c30-29-27-18-10-9-16-25(27)24-15-7-8-17-26(24)28(29)20-19-23(21-11-3-1-4-12-21)22-13-5-2-6-14-22/h1-20H/b28-20+. The van der Waals surface area contributed by atoms with Gasteiger partial charge in [0.05, 0.1) is 0 Å². The number of fused-ring (bicyclic) bond motifs is 3. The molecular weight excluding hydrogens is 364 g/mol. The predicted molar refractivity (Wildman–Crippen MR) is 124 cm³/mol. The first kappa shape index (κ1) is 18.1. The van der Waals surface area contributed by atoms with E-state index >= 15 is 0 Å². The van der Waals surface area contributed by atoms with Gasteiger partial charge >= 0.3 is 0 Å². The Hall–Kier alpha value is -3.97. The van der Waals surface area contributed by atoms with Crippen molar-refractivity contribution in [3.05, 3.63) is 144 Å². The Morgan fingerprint density at radius 1 is 0.500 bits per heavy atom. The quantitative estimate of drug-likeness (QED) is 0.345. The summed E-state index contributed by atoms with van der Waals surface area (Å²) < 4.78 is 0. The third-order valence-electron chi connectivity index (χ3n) is 5.51. The number of carbonyl (C=O) groups excluding carboxylic acids is 1. The first-order valence-electron chi connectivity index (χ1n) is 10.1. The van der Waals surface area contributed by atoms with Gasteiger partial charge in [-0.1, -0.05) is 115 Å². The number of Topliss-reactive ketones (excluding diaryl/α,β-unsaturated/α-hetero) is 1. The maximum Gasteiger partial charge on any atom is 0.194 e. The molecule has 5 rings (SSSR count). The number of benzene rings is 4. The van der Waals surface area contributed by atoms with Gasteiger partial charge in [-0.05, 0) is 39.5 Å². The Balaban J connectivity index is 1.70. The van der Waals surface area contributed by atoms with E-state index in [9.17, 15) is 4.79 Å². The Morgan fingerprint density at radius 3 is 1.50 bits per heavy atom. The Morgan fingerprint density at radius 2 is 0.933 bits per heavy atom. The molecule has 30 heavy (non-hydrogen) atoms. The number of hydrogen-bond acceptors (Lipinski definition) is 1. The molecule has 0 unspecified atom stereocenters. The van der Waals surface area contributed by atoms with E-state index in [1.54, 1.807) is 0 Å². The summed E-state index contributed by atoms with van der Waals surface area (Å²) in [6.07, 6.45) is 4.05. The highest BCUT2D eigenvalue weighted by molar-refractivity contribution is 6.34. The van der Waals surface area contributed by atoms with Crippen LogP contribution in [0.4, 0.5) is 0 Å². The summed E-state index contributed by atoms with van der Waals surface area (Å²) in [5.74, 6) is 0.0704. The van der Waals surface area contributed by atoms with Crippen LogP contribution in [0.15, 0.2) is 121 Å². The summed E-state index contributed by atoms with van der Waals surface area (Å²) >= 11 is 0. The lowest BCUT2D eigenvalue weighted by molar-refractivity contribution is 0.105. The average molecular weight is 384 g/mol. The van der Waals surface area contributed by atoms with E-state index in [0.29, 0.717) is 0 Å². The molecule has 0 bridgehead atoms. The third-order valence-corrected chi connectivity index (χ3v) is 5.51. The van der Waals surface area contributed by atoms with Gasteiger partial charge in [-0.25, -0.2) is 0 Å². The molecular formula is C29H20O. The van der Waals surface area contributed by atoms with Gasteiger partial charge in [0, 0.05) is 11.1 Å². The minimum Gasteiger partial charge on any atom is -0.289 e. The molecule has 0 saturated carbocycles. The summed E-state index contributed by atoms with van der Waals surface area (Å²) in [4.78, 5) is 13.4. The Kier molecular flexibility index (Phi) is 4.71. The lowest BCUT2D eigenvalue weighted by Gasteiger charge is -2.21. The molecule has 0 saturated heterocycles. The fraction of sp³-hybridized carbons (Fsp3) is 0. The van der Waals surface area contributed by atoms with Crippen LogP contribution in [-0.2, 0) is 0 Å². The maximum atomic E-state index is 13.4. The number of rotatable bonds is 3. The van der Waals surface area contributed by atoms with Gasteiger partial charge in [-0.3, -0.25) is 4.79 Å². The van der Waals surface area contributed by atoms with Crippen LogP contribution in [0.2, 0.25) is 0 Å². The summed E-state index contributed by atoms with van der Waals surface area (Å²) in [7, 11) is 0. The lowest BCUT2D eigenvalue weighted by Crippen LogP contribution is -2.11. The zero-order valence-electron chi connectivity index (χ0n) is 16.5. The molecule has 4 aromatic rings. The van der Waals surface area contributed by atoms with Crippen molar-refractivity contribution in [2.45, 2.75) is 0 Å². The first-order valence-corrected chi connectivity index (χ1v) is 10.1. The molecule has 0 radical (unpaired) electrons. The summed E-state index contributed by atoms with van der Waals surface area (Å²) in [5, 5.41) is 0. The molecule has 0 aromatic heterocycles. The van der Waals surface area contributed by atoms with Crippen LogP contribution in [0.1, 0.15) is 27.0 Å². The second-order valence-corrected chi connectivity index (χ2v) is 7.31. The lowest BCUT2D eigenvalue weighted by atomic mass is 9.81. The molecule has 1 heteroatoms. The van der Waals surface area contributed by atoms with Gasteiger partial charge in [0.25, 0.3) is 0 Å². The Bertz CT molecular complexity index is 1240. The molecule has 0 aliphatic heterocycles. The number of ketones is 1. The molecule has 4 aromatic carbocycles. The van der Waals surface area contributed by atoms with Crippen LogP contribution in [0.3, 0.4) is 0 Å². The van der Waals surface area contributed by atoms with Crippen molar-refractivity contribution in [3.63, 3.8) is 0 Å². The van der Waals surface area contributed by atoms with Crippen molar-refractivity contribution >= 4 is 16.9 Å². The van der Waals surface area contributed by atoms with Crippen molar-refractivity contribution in [2.75, 3.05) is 0 Å². The van der Waals surface area contributed by atoms with Crippen LogP contribution in [0.25, 0.3) is 22.3 Å². The summed E-state index contributed by atoms with van der Waals surface area (Å²) in [6, 6.07) is 36.6. The molecule has 0 amide bonds. The highest BCUT2D eigenvalue weighted by Gasteiger charge is 2.26. The van der Waals surface area contributed by atoms with Crippen LogP contribution >= 0.6 is 0 Å². The zero-order chi connectivity index (χ0) is 20.3. The van der Waals surface area contributed by atoms with Crippen LogP contribution in [0.5, 0.6) is 0 Å². The summed E-state index contributed by atoms with van der Waals surface area (Å²) in [6.45, 7) is 0. The fourth-order valence-electron chi connectivity index (χ4n) is 4.06. The molecule has 1 nitrogen and oxygen atoms in total. The highest BCUT2D eigenvalue weighted by Crippen LogP contribution is 2.39. The molecule has 0 spiro atoms. The largest absolute Gasteiger partial charge is 0.289 e. The SMILES string of the molecule is O=C1/C(=C/C=C(c2ccccc2)c2ccccc2)c2ccccc2-c2ccccc21. The maximum absolute atomic E-state index is 13.4. The van der Waals surface area contributed by atoms with Crippen molar-refractivity contribution in [3.8, 4) is 11.1 Å². The van der Waals surface area contributed by atoms with E-state index in [4.69, 9.17) is 0 Å². The van der Waals surface area contributed by atoms with Crippen molar-refractivity contribution in [1.82, 2.24) is 0 Å². The predicted octanol–water partition coefficient (Wildman–Crippen LogP) is 7.07. The summed E-state index contributed by atoms with van der Waals surface area (Å²) in [5.41, 5.74) is 7.92. The zero-order valence-corrected chi connectivity index (χ0v) is 16.5. The molecule has 142 valence electrons. The second-order valence-electron chi connectivity index (χ2n) is 7.31. The highest BCUT2D eigenvalue weighted by atomic mass is 16.1. The second kappa shape index (κ2) is 7.81. The van der Waals surface area contributed by atoms with Gasteiger partial charge < -0.3 is 0 Å². The molecule has 1 aliphatic carbocycles. The van der Waals surface area contributed by atoms with E-state index in [1.165, 1.54) is 0 Å². The minimum absolute atomic E-state index is 0.0704. The monoisotopic (exact) mass is 384 g/mol. The van der Waals surface area contributed by atoms with Gasteiger partial charge in [0.1, 0.15) is 0 Å². The van der Waals surface area contributed by atoms with Crippen molar-refractivity contribution < 1.29 is 4.79 Å².